The van der Waals surface area contributed by atoms with Crippen LogP contribution in [0.4, 0.5) is 17.1 Å². The molecule has 6 nitrogen and oxygen atoms in total. The number of azo groups is 1. The number of nitrogens with two attached hydrogens (primary N) is 1. The van der Waals surface area contributed by atoms with Crippen LogP contribution in [0.2, 0.25) is 0 Å². The van der Waals surface area contributed by atoms with E-state index in [2.05, 4.69) is 26.2 Å². The van der Waals surface area contributed by atoms with Gasteiger partial charge in [0.1, 0.15) is 15.8 Å². The molecule has 3 aromatic carbocycles. The van der Waals surface area contributed by atoms with E-state index in [0.717, 1.165) is 10.5 Å². The van der Waals surface area contributed by atoms with Gasteiger partial charge in [-0.25, -0.2) is 8.42 Å². The summed E-state index contributed by atoms with van der Waals surface area (Å²) in [5.74, 6) is 0. The fourth-order valence-corrected chi connectivity index (χ4v) is 3.35. The minimum atomic E-state index is -4.68. The quantitative estimate of drug-likeness (QED) is 0.295. The molecule has 0 amide bonds. The molecule has 2 N–H and O–H groups in total. The summed E-state index contributed by atoms with van der Waals surface area (Å²) < 4.78 is 35.4. The first kappa shape index (κ1) is 20.0. The molecule has 0 aliphatic carbocycles. The van der Waals surface area contributed by atoms with Gasteiger partial charge in [0.2, 0.25) is 0 Å². The SMILES string of the molecule is Nc1c(N=Nc2ccccc2Br)cc(S(=O)(=O)[O-])c2ccccc12.[Na+]. The number of fused-ring (bicyclic) bond motifs is 1. The first-order valence-corrected chi connectivity index (χ1v) is 9.01. The number of anilines is 1. The van der Waals surface area contributed by atoms with Crippen molar-refractivity contribution in [1.82, 2.24) is 0 Å². The van der Waals surface area contributed by atoms with Crippen molar-refractivity contribution in [1.29, 1.82) is 0 Å². The standard InChI is InChI=1S/C16H12BrN3O3S.Na/c17-12-7-3-4-8-13(12)19-20-14-9-15(24(21,22)23)10-5-1-2-6-11(10)16(14)18;/h1-9H,18H2,(H,21,22,23);/q;+1/p-1. The molecule has 0 atom stereocenters. The van der Waals surface area contributed by atoms with Gasteiger partial charge in [0.25, 0.3) is 0 Å². The van der Waals surface area contributed by atoms with Gasteiger partial charge in [-0.05, 0) is 34.1 Å². The minimum absolute atomic E-state index is 0. The number of halogens is 1. The predicted octanol–water partition coefficient (Wildman–Crippen LogP) is 1.51. The zero-order chi connectivity index (χ0) is 17.3. The second-order valence-corrected chi connectivity index (χ2v) is 7.16. The van der Waals surface area contributed by atoms with Crippen molar-refractivity contribution in [2.24, 2.45) is 10.2 Å². The summed E-state index contributed by atoms with van der Waals surface area (Å²) in [6.07, 6.45) is 0. The number of hydrogen-bond acceptors (Lipinski definition) is 6. The van der Waals surface area contributed by atoms with Crippen molar-refractivity contribution in [2.45, 2.75) is 4.90 Å². The maximum absolute atomic E-state index is 11.6. The van der Waals surface area contributed by atoms with Crippen molar-refractivity contribution in [3.05, 3.63) is 59.1 Å². The molecule has 0 saturated heterocycles. The van der Waals surface area contributed by atoms with Gasteiger partial charge in [-0.2, -0.15) is 0 Å². The molecule has 3 rings (SSSR count). The van der Waals surface area contributed by atoms with E-state index >= 15 is 0 Å². The van der Waals surface area contributed by atoms with E-state index in [-0.39, 0.29) is 51.2 Å². The smallest absolute Gasteiger partial charge is 0.744 e. The maximum Gasteiger partial charge on any atom is 1.00 e. The van der Waals surface area contributed by atoms with Crippen LogP contribution in [0.15, 0.2) is 74.2 Å². The Bertz CT molecular complexity index is 1070. The molecule has 9 heteroatoms. The Morgan fingerprint density at radius 2 is 1.48 bits per heavy atom. The normalized spacial score (nSPS) is 11.6. The Labute approximate surface area is 175 Å². The maximum atomic E-state index is 11.6. The van der Waals surface area contributed by atoms with Crippen LogP contribution < -0.4 is 35.3 Å². The number of nitrogen functional groups attached to an aromatic ring is 1. The van der Waals surface area contributed by atoms with Crippen molar-refractivity contribution in [3.8, 4) is 0 Å². The fraction of sp³-hybridized carbons (Fsp3) is 0. The second-order valence-electron chi connectivity index (χ2n) is 4.96. The molecule has 0 spiro atoms. The third kappa shape index (κ3) is 4.28. The van der Waals surface area contributed by atoms with Gasteiger partial charge < -0.3 is 10.3 Å². The Hall–Kier alpha value is -1.29. The second kappa shape index (κ2) is 7.94. The van der Waals surface area contributed by atoms with E-state index in [4.69, 9.17) is 5.73 Å². The number of hydrogen-bond donors (Lipinski definition) is 1. The van der Waals surface area contributed by atoms with Gasteiger partial charge in [0, 0.05) is 15.2 Å². The summed E-state index contributed by atoms with van der Waals surface area (Å²) >= 11 is 3.34. The van der Waals surface area contributed by atoms with Crippen LogP contribution in [0, 0.1) is 0 Å². The van der Waals surface area contributed by atoms with E-state index in [0.29, 0.717) is 11.1 Å². The van der Waals surface area contributed by atoms with Crippen LogP contribution in [0.3, 0.4) is 0 Å². The molecule has 0 unspecified atom stereocenters. The average molecular weight is 428 g/mol. The molecular formula is C16H11BrN3NaO3S. The minimum Gasteiger partial charge on any atom is -0.744 e. The molecule has 0 aromatic heterocycles. The van der Waals surface area contributed by atoms with Gasteiger partial charge in [-0.3, -0.25) is 0 Å². The summed E-state index contributed by atoms with van der Waals surface area (Å²) in [5, 5.41) is 8.80. The summed E-state index contributed by atoms with van der Waals surface area (Å²) in [6, 6.07) is 14.8. The van der Waals surface area contributed by atoms with Gasteiger partial charge in [-0.1, -0.05) is 36.4 Å². The van der Waals surface area contributed by atoms with Crippen LogP contribution in [-0.2, 0) is 10.1 Å². The third-order valence-electron chi connectivity index (χ3n) is 3.41. The van der Waals surface area contributed by atoms with E-state index in [1.807, 2.05) is 6.07 Å². The number of nitrogens with zero attached hydrogens (tertiary/aromatic N) is 2. The third-order valence-corrected chi connectivity index (χ3v) is 4.96. The zero-order valence-corrected chi connectivity index (χ0v) is 17.6. The largest absolute Gasteiger partial charge is 1.00 e. The predicted molar refractivity (Wildman–Crippen MR) is 94.6 cm³/mol. The van der Waals surface area contributed by atoms with Crippen LogP contribution in [0.1, 0.15) is 0 Å². The monoisotopic (exact) mass is 427 g/mol. The molecule has 3 aromatic rings. The van der Waals surface area contributed by atoms with Gasteiger partial charge >= 0.3 is 29.6 Å². The molecule has 122 valence electrons. The molecule has 0 radical (unpaired) electrons. The molecular weight excluding hydrogens is 417 g/mol. The molecule has 0 heterocycles. The molecule has 0 fully saturated rings. The molecule has 0 aliphatic heterocycles. The summed E-state index contributed by atoms with van der Waals surface area (Å²) in [7, 11) is -4.68. The van der Waals surface area contributed by atoms with E-state index in [1.54, 1.807) is 36.4 Å². The number of benzene rings is 3. The molecule has 25 heavy (non-hydrogen) atoms. The fourth-order valence-electron chi connectivity index (χ4n) is 2.28. The first-order chi connectivity index (χ1) is 11.4. The van der Waals surface area contributed by atoms with Crippen LogP contribution in [-0.4, -0.2) is 13.0 Å². The Morgan fingerprint density at radius 3 is 2.12 bits per heavy atom. The van der Waals surface area contributed by atoms with Crippen molar-refractivity contribution in [3.63, 3.8) is 0 Å². The molecule has 0 bridgehead atoms. The van der Waals surface area contributed by atoms with Gasteiger partial charge in [-0.15, -0.1) is 10.2 Å². The first-order valence-electron chi connectivity index (χ1n) is 6.81. The van der Waals surface area contributed by atoms with Gasteiger partial charge in [0.05, 0.1) is 16.3 Å². The summed E-state index contributed by atoms with van der Waals surface area (Å²) in [6.45, 7) is 0. The van der Waals surface area contributed by atoms with E-state index < -0.39 is 10.1 Å². The Balaban J connectivity index is 0.00000225. The van der Waals surface area contributed by atoms with Gasteiger partial charge in [0.15, 0.2) is 0 Å². The number of rotatable bonds is 3. The van der Waals surface area contributed by atoms with E-state index in [1.165, 1.54) is 6.07 Å². The van der Waals surface area contributed by atoms with Crippen molar-refractivity contribution < 1.29 is 42.5 Å². The summed E-state index contributed by atoms with van der Waals surface area (Å²) in [4.78, 5) is -0.367. The zero-order valence-electron chi connectivity index (χ0n) is 13.2. The van der Waals surface area contributed by atoms with E-state index in [9.17, 15) is 13.0 Å². The average Bonchev–Trinajstić information content (AvgIpc) is 2.54. The Morgan fingerprint density at radius 1 is 0.920 bits per heavy atom. The Kier molecular flexibility index (Phi) is 6.36. The van der Waals surface area contributed by atoms with Crippen LogP contribution >= 0.6 is 15.9 Å². The van der Waals surface area contributed by atoms with Crippen LogP contribution in [0.5, 0.6) is 0 Å². The van der Waals surface area contributed by atoms with Crippen molar-refractivity contribution in [2.75, 3.05) is 5.73 Å². The molecule has 0 aliphatic rings. The van der Waals surface area contributed by atoms with Crippen LogP contribution in [0.25, 0.3) is 10.8 Å². The molecule has 0 saturated carbocycles. The topological polar surface area (TPSA) is 108 Å². The summed E-state index contributed by atoms with van der Waals surface area (Å²) in [5.41, 5.74) is 7.01. The van der Waals surface area contributed by atoms with Crippen molar-refractivity contribution >= 4 is 53.9 Å².